The van der Waals surface area contributed by atoms with Crippen LogP contribution in [0.25, 0.3) is 0 Å². The molecule has 0 saturated carbocycles. The van der Waals surface area contributed by atoms with E-state index in [9.17, 15) is 0 Å². The van der Waals surface area contributed by atoms with E-state index in [1.807, 2.05) is 0 Å². The third-order valence-electron chi connectivity index (χ3n) is 2.22. The van der Waals surface area contributed by atoms with Gasteiger partial charge < -0.3 is 0 Å². The monoisotopic (exact) mass is 150 g/mol. The Labute approximate surface area is 70.0 Å². The first-order valence-corrected chi connectivity index (χ1v) is 4.45. The number of rotatable bonds is 1. The van der Waals surface area contributed by atoms with Gasteiger partial charge in [-0.1, -0.05) is 39.8 Å². The Bertz CT molecular complexity index is 199. The van der Waals surface area contributed by atoms with Crippen LogP contribution in [0.1, 0.15) is 40.5 Å². The molecule has 11 heavy (non-hydrogen) atoms. The van der Waals surface area contributed by atoms with Crippen molar-refractivity contribution in [3.63, 3.8) is 0 Å². The lowest BCUT2D eigenvalue weighted by Gasteiger charge is -2.22. The second kappa shape index (κ2) is 2.84. The largest absolute Gasteiger partial charge is 0.0772 e. The van der Waals surface area contributed by atoms with Gasteiger partial charge in [0, 0.05) is 0 Å². The Hall–Kier alpha value is -0.520. The van der Waals surface area contributed by atoms with Crippen molar-refractivity contribution in [2.75, 3.05) is 0 Å². The standard InChI is InChI=1S/C11H18/c1-5-9-7-6-8-10(9)11(2,3)4/h7-8H,5-6H2,1-4H3. The van der Waals surface area contributed by atoms with Crippen molar-refractivity contribution >= 4 is 0 Å². The summed E-state index contributed by atoms with van der Waals surface area (Å²) < 4.78 is 0. The van der Waals surface area contributed by atoms with Gasteiger partial charge in [0.25, 0.3) is 0 Å². The summed E-state index contributed by atoms with van der Waals surface area (Å²) in [4.78, 5) is 0. The Balaban J connectivity index is 2.83. The second-order valence-corrected chi connectivity index (χ2v) is 4.19. The number of allylic oxidation sites excluding steroid dienone is 4. The quantitative estimate of drug-likeness (QED) is 0.534. The van der Waals surface area contributed by atoms with Crippen molar-refractivity contribution < 1.29 is 0 Å². The molecule has 0 atom stereocenters. The van der Waals surface area contributed by atoms with Crippen LogP contribution in [0.2, 0.25) is 0 Å². The molecule has 0 nitrogen and oxygen atoms in total. The molecule has 1 aliphatic rings. The summed E-state index contributed by atoms with van der Waals surface area (Å²) in [6, 6.07) is 0. The molecule has 0 saturated heterocycles. The highest BCUT2D eigenvalue weighted by molar-refractivity contribution is 5.40. The van der Waals surface area contributed by atoms with Crippen LogP contribution >= 0.6 is 0 Å². The molecule has 0 bridgehead atoms. The minimum atomic E-state index is 0.346. The summed E-state index contributed by atoms with van der Waals surface area (Å²) in [6.07, 6.45) is 7.04. The fourth-order valence-electron chi connectivity index (χ4n) is 1.68. The second-order valence-electron chi connectivity index (χ2n) is 4.19. The van der Waals surface area contributed by atoms with E-state index in [0.717, 1.165) is 6.42 Å². The predicted molar refractivity (Wildman–Crippen MR) is 50.5 cm³/mol. The zero-order valence-corrected chi connectivity index (χ0v) is 8.07. The van der Waals surface area contributed by atoms with E-state index in [1.54, 1.807) is 11.1 Å². The molecule has 0 heteroatoms. The Morgan fingerprint density at radius 3 is 2.27 bits per heavy atom. The van der Waals surface area contributed by atoms with Gasteiger partial charge in [-0.3, -0.25) is 0 Å². The molecule has 0 aromatic heterocycles. The smallest absolute Gasteiger partial charge is 0.0132 e. The maximum atomic E-state index is 2.36. The van der Waals surface area contributed by atoms with E-state index in [4.69, 9.17) is 0 Å². The molecule has 0 aromatic carbocycles. The van der Waals surface area contributed by atoms with Gasteiger partial charge >= 0.3 is 0 Å². The van der Waals surface area contributed by atoms with Crippen molar-refractivity contribution in [1.82, 2.24) is 0 Å². The van der Waals surface area contributed by atoms with Gasteiger partial charge in [0.15, 0.2) is 0 Å². The van der Waals surface area contributed by atoms with E-state index < -0.39 is 0 Å². The van der Waals surface area contributed by atoms with Crippen LogP contribution < -0.4 is 0 Å². The zero-order valence-electron chi connectivity index (χ0n) is 8.07. The van der Waals surface area contributed by atoms with Crippen LogP contribution in [0.4, 0.5) is 0 Å². The van der Waals surface area contributed by atoms with Crippen molar-refractivity contribution in [2.45, 2.75) is 40.5 Å². The third kappa shape index (κ3) is 1.74. The topological polar surface area (TPSA) is 0 Å². The van der Waals surface area contributed by atoms with Crippen LogP contribution in [0.15, 0.2) is 23.3 Å². The first-order chi connectivity index (χ1) is 5.05. The van der Waals surface area contributed by atoms with Gasteiger partial charge in [-0.05, 0) is 29.4 Å². The minimum Gasteiger partial charge on any atom is -0.0772 e. The van der Waals surface area contributed by atoms with Crippen molar-refractivity contribution in [3.8, 4) is 0 Å². The molecule has 0 aliphatic heterocycles. The first-order valence-electron chi connectivity index (χ1n) is 4.45. The highest BCUT2D eigenvalue weighted by atomic mass is 14.3. The minimum absolute atomic E-state index is 0.346. The van der Waals surface area contributed by atoms with Crippen LogP contribution in [-0.2, 0) is 0 Å². The summed E-state index contributed by atoms with van der Waals surface area (Å²) in [6.45, 7) is 9.09. The van der Waals surface area contributed by atoms with Gasteiger partial charge in [0.05, 0.1) is 0 Å². The highest BCUT2D eigenvalue weighted by Gasteiger charge is 2.21. The van der Waals surface area contributed by atoms with E-state index in [2.05, 4.69) is 39.8 Å². The lowest BCUT2D eigenvalue weighted by atomic mass is 9.83. The van der Waals surface area contributed by atoms with Crippen LogP contribution in [0, 0.1) is 5.41 Å². The summed E-state index contributed by atoms with van der Waals surface area (Å²) in [5.74, 6) is 0. The van der Waals surface area contributed by atoms with E-state index in [1.165, 1.54) is 6.42 Å². The predicted octanol–water partition coefficient (Wildman–Crippen LogP) is 3.70. The van der Waals surface area contributed by atoms with E-state index in [-0.39, 0.29) is 0 Å². The van der Waals surface area contributed by atoms with Crippen molar-refractivity contribution in [2.24, 2.45) is 5.41 Å². The van der Waals surface area contributed by atoms with Gasteiger partial charge in [-0.2, -0.15) is 0 Å². The van der Waals surface area contributed by atoms with Crippen molar-refractivity contribution in [1.29, 1.82) is 0 Å². The van der Waals surface area contributed by atoms with E-state index >= 15 is 0 Å². The third-order valence-corrected chi connectivity index (χ3v) is 2.22. The molecule has 0 unspecified atom stereocenters. The summed E-state index contributed by atoms with van der Waals surface area (Å²) >= 11 is 0. The maximum Gasteiger partial charge on any atom is -0.0132 e. The average Bonchev–Trinajstić information content (AvgIpc) is 2.31. The van der Waals surface area contributed by atoms with Crippen LogP contribution in [0.5, 0.6) is 0 Å². The normalized spacial score (nSPS) is 18.2. The first kappa shape index (κ1) is 8.58. The Morgan fingerprint density at radius 2 is 1.91 bits per heavy atom. The highest BCUT2D eigenvalue weighted by Crippen LogP contribution is 2.36. The fourth-order valence-corrected chi connectivity index (χ4v) is 1.68. The fraction of sp³-hybridized carbons (Fsp3) is 0.636. The van der Waals surface area contributed by atoms with Gasteiger partial charge in [0.1, 0.15) is 0 Å². The van der Waals surface area contributed by atoms with Gasteiger partial charge in [-0.25, -0.2) is 0 Å². The molecule has 0 amide bonds. The molecular formula is C11H18. The molecule has 0 N–H and O–H groups in total. The van der Waals surface area contributed by atoms with Crippen LogP contribution in [-0.4, -0.2) is 0 Å². The SMILES string of the molecule is CCC1=CCC=C1C(C)(C)C. The molecule has 0 radical (unpaired) electrons. The maximum absolute atomic E-state index is 2.36. The summed E-state index contributed by atoms with van der Waals surface area (Å²) in [7, 11) is 0. The Morgan fingerprint density at radius 1 is 1.27 bits per heavy atom. The van der Waals surface area contributed by atoms with Crippen molar-refractivity contribution in [3.05, 3.63) is 23.3 Å². The molecule has 0 heterocycles. The zero-order chi connectivity index (χ0) is 8.48. The lowest BCUT2D eigenvalue weighted by Crippen LogP contribution is -2.09. The van der Waals surface area contributed by atoms with Gasteiger partial charge in [-0.15, -0.1) is 0 Å². The van der Waals surface area contributed by atoms with Gasteiger partial charge in [0.2, 0.25) is 0 Å². The molecule has 62 valence electrons. The number of hydrogen-bond donors (Lipinski definition) is 0. The summed E-state index contributed by atoms with van der Waals surface area (Å²) in [5, 5.41) is 0. The average molecular weight is 150 g/mol. The Kier molecular flexibility index (Phi) is 2.22. The molecule has 0 fully saturated rings. The lowest BCUT2D eigenvalue weighted by molar-refractivity contribution is 0.509. The number of hydrogen-bond acceptors (Lipinski definition) is 0. The van der Waals surface area contributed by atoms with Crippen LogP contribution in [0.3, 0.4) is 0 Å². The summed E-state index contributed by atoms with van der Waals surface area (Å²) in [5.41, 5.74) is 3.45. The molecule has 0 spiro atoms. The van der Waals surface area contributed by atoms with E-state index in [0.29, 0.717) is 5.41 Å². The molecule has 0 aromatic rings. The molecule has 1 aliphatic carbocycles. The molecule has 1 rings (SSSR count). The molecular weight excluding hydrogens is 132 g/mol.